The number of rotatable bonds is 2. The topological polar surface area (TPSA) is 12.5 Å². The van der Waals surface area contributed by atoms with Crippen LogP contribution in [0.15, 0.2) is 0 Å². The summed E-state index contributed by atoms with van der Waals surface area (Å²) < 4.78 is 5.33. The van der Waals surface area contributed by atoms with Crippen molar-refractivity contribution in [1.29, 1.82) is 0 Å². The van der Waals surface area contributed by atoms with E-state index >= 15 is 0 Å². The molecule has 1 aliphatic heterocycles. The van der Waals surface area contributed by atoms with Gasteiger partial charge in [0, 0.05) is 0 Å². The molecular weight excluding hydrogens is 136 g/mol. The Kier molecular flexibility index (Phi) is 1.24. The summed E-state index contributed by atoms with van der Waals surface area (Å²) in [7, 11) is 0. The summed E-state index contributed by atoms with van der Waals surface area (Å²) in [6.07, 6.45) is 2.30. The zero-order valence-corrected chi connectivity index (χ0v) is 6.27. The first-order valence-corrected chi connectivity index (χ1v) is 4.08. The van der Waals surface area contributed by atoms with Crippen molar-refractivity contribution in [3.05, 3.63) is 0 Å². The van der Waals surface area contributed by atoms with Crippen molar-refractivity contribution in [3.8, 4) is 0 Å². The molecule has 1 nitrogen and oxygen atoms in total. The lowest BCUT2D eigenvalue weighted by atomic mass is 10.2. The monoisotopic (exact) mass is 146 g/mol. The van der Waals surface area contributed by atoms with E-state index in [0.717, 1.165) is 11.8 Å². The minimum Gasteiger partial charge on any atom is -0.368 e. The van der Waals surface area contributed by atoms with E-state index in [-0.39, 0.29) is 0 Å². The van der Waals surface area contributed by atoms with Crippen LogP contribution in [0.2, 0.25) is 0 Å². The molecule has 2 fully saturated rings. The Balaban J connectivity index is 1.79. The van der Waals surface area contributed by atoms with E-state index in [1.54, 1.807) is 0 Å². The highest BCUT2D eigenvalue weighted by Gasteiger charge is 2.52. The average Bonchev–Trinajstić information content (AvgIpc) is 2.61. The molecular formula is C7H11ClO. The number of hydrogen-bond acceptors (Lipinski definition) is 1. The molecule has 1 aliphatic carbocycles. The van der Waals surface area contributed by atoms with Crippen molar-refractivity contribution in [2.45, 2.75) is 25.6 Å². The zero-order chi connectivity index (χ0) is 6.43. The van der Waals surface area contributed by atoms with Crippen LogP contribution < -0.4 is 0 Å². The molecule has 52 valence electrons. The molecule has 2 aliphatic rings. The van der Waals surface area contributed by atoms with E-state index in [0.29, 0.717) is 18.1 Å². The maximum Gasteiger partial charge on any atom is 0.0979 e. The summed E-state index contributed by atoms with van der Waals surface area (Å²) in [5.74, 6) is 2.45. The molecule has 0 spiro atoms. The quantitative estimate of drug-likeness (QED) is 0.426. The summed E-state index contributed by atoms with van der Waals surface area (Å²) in [4.78, 5) is 0. The van der Waals surface area contributed by atoms with Crippen molar-refractivity contribution >= 4 is 11.6 Å². The van der Waals surface area contributed by atoms with Gasteiger partial charge in [-0.2, -0.15) is 0 Å². The second-order valence-corrected chi connectivity index (χ2v) is 3.48. The van der Waals surface area contributed by atoms with Crippen molar-refractivity contribution in [2.75, 3.05) is 5.88 Å². The number of hydrogen-bond donors (Lipinski definition) is 0. The molecule has 2 heteroatoms. The second kappa shape index (κ2) is 1.86. The summed E-state index contributed by atoms with van der Waals surface area (Å²) in [6.45, 7) is 2.28. The highest BCUT2D eigenvalue weighted by molar-refractivity contribution is 6.18. The fraction of sp³-hybridized carbons (Fsp3) is 1.00. The van der Waals surface area contributed by atoms with Crippen LogP contribution >= 0.6 is 11.6 Å². The van der Waals surface area contributed by atoms with Gasteiger partial charge >= 0.3 is 0 Å². The van der Waals surface area contributed by atoms with Gasteiger partial charge in [0.25, 0.3) is 0 Å². The minimum atomic E-state index is 0.404. The lowest BCUT2D eigenvalue weighted by molar-refractivity contribution is 0.359. The Labute approximate surface area is 60.3 Å². The van der Waals surface area contributed by atoms with Gasteiger partial charge in [-0.25, -0.2) is 0 Å². The molecule has 1 saturated carbocycles. The van der Waals surface area contributed by atoms with E-state index in [1.165, 1.54) is 6.42 Å². The third-order valence-corrected chi connectivity index (χ3v) is 2.67. The highest BCUT2D eigenvalue weighted by Crippen LogP contribution is 2.49. The number of alkyl halides is 1. The average molecular weight is 147 g/mol. The standard InChI is InChI=1S/C7H11ClO/c1-4-2-5(4)7-6(3-8)9-7/h4-7H,2-3H2,1H3/t4?,5-,6?,7?/m0/s1. The molecule has 2 rings (SSSR count). The van der Waals surface area contributed by atoms with E-state index in [1.807, 2.05) is 0 Å². The Bertz CT molecular complexity index is 126. The smallest absolute Gasteiger partial charge is 0.0979 e. The molecule has 0 N–H and O–H groups in total. The van der Waals surface area contributed by atoms with E-state index in [9.17, 15) is 0 Å². The van der Waals surface area contributed by atoms with E-state index < -0.39 is 0 Å². The third kappa shape index (κ3) is 0.968. The van der Waals surface area contributed by atoms with Crippen molar-refractivity contribution in [1.82, 2.24) is 0 Å². The van der Waals surface area contributed by atoms with Crippen LogP contribution in [0.3, 0.4) is 0 Å². The van der Waals surface area contributed by atoms with E-state index in [4.69, 9.17) is 16.3 Å². The normalized spacial score (nSPS) is 55.3. The van der Waals surface area contributed by atoms with Crippen molar-refractivity contribution in [3.63, 3.8) is 0 Å². The van der Waals surface area contributed by atoms with Crippen LogP contribution in [-0.4, -0.2) is 18.1 Å². The molecule has 0 aromatic carbocycles. The molecule has 3 unspecified atom stereocenters. The fourth-order valence-electron chi connectivity index (χ4n) is 1.47. The van der Waals surface area contributed by atoms with Gasteiger partial charge in [0.05, 0.1) is 18.1 Å². The largest absolute Gasteiger partial charge is 0.368 e. The second-order valence-electron chi connectivity index (χ2n) is 3.17. The summed E-state index contributed by atoms with van der Waals surface area (Å²) >= 11 is 5.59. The van der Waals surface area contributed by atoms with Crippen LogP contribution in [0.25, 0.3) is 0 Å². The summed E-state index contributed by atoms with van der Waals surface area (Å²) in [6, 6.07) is 0. The fourth-order valence-corrected chi connectivity index (χ4v) is 1.71. The Morgan fingerprint density at radius 2 is 2.33 bits per heavy atom. The van der Waals surface area contributed by atoms with Gasteiger partial charge in [-0.15, -0.1) is 11.6 Å². The van der Waals surface area contributed by atoms with Gasteiger partial charge in [-0.1, -0.05) is 6.92 Å². The first-order valence-electron chi connectivity index (χ1n) is 3.54. The van der Waals surface area contributed by atoms with Gasteiger partial charge in [-0.3, -0.25) is 0 Å². The predicted molar refractivity (Wildman–Crippen MR) is 36.7 cm³/mol. The number of halogens is 1. The first-order chi connectivity index (χ1) is 4.33. The Morgan fingerprint density at radius 1 is 1.67 bits per heavy atom. The van der Waals surface area contributed by atoms with Crippen LogP contribution in [0.5, 0.6) is 0 Å². The SMILES string of the molecule is CC1C[C@@H]1C1OC1CCl. The molecule has 0 aromatic rings. The molecule has 0 radical (unpaired) electrons. The number of epoxide rings is 1. The summed E-state index contributed by atoms with van der Waals surface area (Å²) in [5, 5.41) is 0. The molecule has 1 heterocycles. The van der Waals surface area contributed by atoms with Gasteiger partial charge < -0.3 is 4.74 Å². The van der Waals surface area contributed by atoms with Gasteiger partial charge in [0.15, 0.2) is 0 Å². The molecule has 1 saturated heterocycles. The predicted octanol–water partition coefficient (Wildman–Crippen LogP) is 1.65. The maximum atomic E-state index is 5.59. The van der Waals surface area contributed by atoms with Crippen molar-refractivity contribution in [2.24, 2.45) is 11.8 Å². The minimum absolute atomic E-state index is 0.404. The zero-order valence-electron chi connectivity index (χ0n) is 5.51. The van der Waals surface area contributed by atoms with Crippen LogP contribution in [0.1, 0.15) is 13.3 Å². The molecule has 9 heavy (non-hydrogen) atoms. The molecule has 0 amide bonds. The number of ether oxygens (including phenoxy) is 1. The molecule has 4 atom stereocenters. The lowest BCUT2D eigenvalue weighted by Crippen LogP contribution is -1.97. The van der Waals surface area contributed by atoms with Crippen LogP contribution in [-0.2, 0) is 4.74 Å². The van der Waals surface area contributed by atoms with Gasteiger partial charge in [-0.05, 0) is 18.3 Å². The van der Waals surface area contributed by atoms with Crippen molar-refractivity contribution < 1.29 is 4.74 Å². The molecule has 0 bridgehead atoms. The lowest BCUT2D eigenvalue weighted by Gasteiger charge is -1.83. The third-order valence-electron chi connectivity index (χ3n) is 2.37. The summed E-state index contributed by atoms with van der Waals surface area (Å²) in [5.41, 5.74) is 0. The van der Waals surface area contributed by atoms with Gasteiger partial charge in [0.2, 0.25) is 0 Å². The maximum absolute atomic E-state index is 5.59. The highest BCUT2D eigenvalue weighted by atomic mass is 35.5. The van der Waals surface area contributed by atoms with Crippen LogP contribution in [0.4, 0.5) is 0 Å². The molecule has 0 aromatic heterocycles. The van der Waals surface area contributed by atoms with Crippen LogP contribution in [0, 0.1) is 11.8 Å². The Morgan fingerprint density at radius 3 is 2.67 bits per heavy atom. The Hall–Kier alpha value is 0.250. The van der Waals surface area contributed by atoms with E-state index in [2.05, 4.69) is 6.92 Å². The first kappa shape index (κ1) is 5.99. The van der Waals surface area contributed by atoms with Gasteiger partial charge in [0.1, 0.15) is 0 Å².